The number of aliphatic hydroxyl groups excluding tert-OH is 1. The Morgan fingerprint density at radius 3 is 2.62 bits per heavy atom. The smallest absolute Gasteiger partial charge is 0.227 e. The fourth-order valence-electron chi connectivity index (χ4n) is 4.81. The van der Waals surface area contributed by atoms with E-state index in [0.29, 0.717) is 12.4 Å². The van der Waals surface area contributed by atoms with E-state index in [4.69, 9.17) is 10.1 Å². The lowest BCUT2D eigenvalue weighted by Crippen LogP contribution is -2.43. The minimum absolute atomic E-state index is 0.164. The first-order valence-corrected chi connectivity index (χ1v) is 10.4. The van der Waals surface area contributed by atoms with Gasteiger partial charge in [0.25, 0.3) is 0 Å². The molecule has 2 aromatic carbocycles. The highest BCUT2D eigenvalue weighted by molar-refractivity contribution is 5.73. The van der Waals surface area contributed by atoms with Crippen molar-refractivity contribution in [1.29, 1.82) is 0 Å². The highest BCUT2D eigenvalue weighted by atomic mass is 16.2. The van der Waals surface area contributed by atoms with E-state index in [1.165, 1.54) is 16.7 Å². The molecule has 1 aliphatic heterocycles. The summed E-state index contributed by atoms with van der Waals surface area (Å²) in [5.41, 5.74) is 7.26. The number of hydrogen-bond acceptors (Lipinski definition) is 5. The van der Waals surface area contributed by atoms with Crippen LogP contribution in [-0.2, 0) is 18.3 Å². The van der Waals surface area contributed by atoms with Gasteiger partial charge in [-0.1, -0.05) is 36.4 Å². The Morgan fingerprint density at radius 1 is 1.03 bits per heavy atom. The third-order valence-electron chi connectivity index (χ3n) is 6.32. The largest absolute Gasteiger partial charge is 0.396 e. The van der Waals surface area contributed by atoms with E-state index in [0.717, 1.165) is 49.3 Å². The second kappa shape index (κ2) is 7.58. The summed E-state index contributed by atoms with van der Waals surface area (Å²) in [5.74, 6) is 0.620. The van der Waals surface area contributed by atoms with E-state index in [9.17, 15) is 0 Å². The SMILES string of the molecule is OCCc1ccc(Nc2ncc3c(n2)-c2ccccc2C2(CCNCC2)C3)cc1. The molecule has 0 atom stereocenters. The third kappa shape index (κ3) is 3.41. The van der Waals surface area contributed by atoms with E-state index < -0.39 is 0 Å². The van der Waals surface area contributed by atoms with Crippen LogP contribution >= 0.6 is 0 Å². The van der Waals surface area contributed by atoms with Gasteiger partial charge in [0.05, 0.1) is 5.69 Å². The van der Waals surface area contributed by atoms with Crippen molar-refractivity contribution < 1.29 is 5.11 Å². The Morgan fingerprint density at radius 2 is 1.83 bits per heavy atom. The topological polar surface area (TPSA) is 70.1 Å². The minimum Gasteiger partial charge on any atom is -0.396 e. The number of nitrogens with zero attached hydrogens (tertiary/aromatic N) is 2. The molecule has 2 aliphatic rings. The van der Waals surface area contributed by atoms with Crippen molar-refractivity contribution in [3.8, 4) is 11.3 Å². The molecule has 2 heterocycles. The molecule has 1 aliphatic carbocycles. The Hall–Kier alpha value is -2.76. The molecule has 148 valence electrons. The maximum atomic E-state index is 9.07. The maximum absolute atomic E-state index is 9.07. The van der Waals surface area contributed by atoms with Crippen molar-refractivity contribution in [2.45, 2.75) is 31.1 Å². The van der Waals surface area contributed by atoms with Gasteiger partial charge in [0.1, 0.15) is 0 Å². The van der Waals surface area contributed by atoms with E-state index in [1.807, 2.05) is 30.5 Å². The van der Waals surface area contributed by atoms with Crippen LogP contribution < -0.4 is 10.6 Å². The molecule has 0 saturated carbocycles. The molecule has 1 spiro atoms. The highest BCUT2D eigenvalue weighted by Crippen LogP contribution is 2.47. The predicted octanol–water partition coefficient (Wildman–Crippen LogP) is 3.60. The van der Waals surface area contributed by atoms with Gasteiger partial charge in [-0.05, 0) is 67.6 Å². The first-order valence-electron chi connectivity index (χ1n) is 10.4. The number of benzene rings is 2. The third-order valence-corrected chi connectivity index (χ3v) is 6.32. The molecule has 3 aromatic rings. The van der Waals surface area contributed by atoms with Gasteiger partial charge in [-0.3, -0.25) is 0 Å². The summed E-state index contributed by atoms with van der Waals surface area (Å²) in [7, 11) is 0. The first kappa shape index (κ1) is 18.3. The van der Waals surface area contributed by atoms with Gasteiger partial charge in [0.2, 0.25) is 5.95 Å². The van der Waals surface area contributed by atoms with Crippen LogP contribution in [-0.4, -0.2) is 34.8 Å². The summed E-state index contributed by atoms with van der Waals surface area (Å²) in [6, 6.07) is 16.8. The Bertz CT molecular complexity index is 1010. The van der Waals surface area contributed by atoms with Crippen molar-refractivity contribution in [2.75, 3.05) is 25.0 Å². The Kier molecular flexibility index (Phi) is 4.78. The average molecular weight is 386 g/mol. The zero-order valence-corrected chi connectivity index (χ0v) is 16.5. The standard InChI is InChI=1S/C24H26N4O/c29-14-9-17-5-7-19(8-6-17)27-23-26-16-18-15-24(10-12-25-13-11-24)21-4-2-1-3-20(21)22(18)28-23/h1-8,16,25,29H,9-15H2,(H,26,27,28). The van der Waals surface area contributed by atoms with E-state index >= 15 is 0 Å². The lowest BCUT2D eigenvalue weighted by Gasteiger charge is -2.42. The molecular weight excluding hydrogens is 360 g/mol. The van der Waals surface area contributed by atoms with Gasteiger partial charge >= 0.3 is 0 Å². The normalized spacial score (nSPS) is 16.9. The molecule has 5 rings (SSSR count). The molecule has 5 heteroatoms. The molecule has 0 bridgehead atoms. The molecular formula is C24H26N4O. The van der Waals surface area contributed by atoms with Crippen LogP contribution in [0.25, 0.3) is 11.3 Å². The molecule has 0 radical (unpaired) electrons. The second-order valence-electron chi connectivity index (χ2n) is 8.12. The van der Waals surface area contributed by atoms with Crippen molar-refractivity contribution in [3.05, 3.63) is 71.4 Å². The van der Waals surface area contributed by atoms with Crippen LogP contribution in [0.4, 0.5) is 11.6 Å². The summed E-state index contributed by atoms with van der Waals surface area (Å²) < 4.78 is 0. The van der Waals surface area contributed by atoms with Crippen molar-refractivity contribution >= 4 is 11.6 Å². The summed E-state index contributed by atoms with van der Waals surface area (Å²) >= 11 is 0. The highest BCUT2D eigenvalue weighted by Gasteiger charge is 2.40. The summed E-state index contributed by atoms with van der Waals surface area (Å²) in [5, 5.41) is 15.9. The molecule has 0 unspecified atom stereocenters. The summed E-state index contributed by atoms with van der Waals surface area (Å²) in [4.78, 5) is 9.53. The molecule has 0 amide bonds. The monoisotopic (exact) mass is 386 g/mol. The van der Waals surface area contributed by atoms with Gasteiger partial charge in [0.15, 0.2) is 0 Å². The molecule has 5 nitrogen and oxygen atoms in total. The molecule has 1 saturated heterocycles. The lowest BCUT2D eigenvalue weighted by molar-refractivity contribution is 0.299. The summed E-state index contributed by atoms with van der Waals surface area (Å²) in [6.45, 7) is 2.30. The van der Waals surface area contributed by atoms with Crippen molar-refractivity contribution in [3.63, 3.8) is 0 Å². The summed E-state index contributed by atoms with van der Waals surface area (Å²) in [6.07, 6.45) is 6.00. The number of nitrogens with one attached hydrogen (secondary N) is 2. The number of hydrogen-bond donors (Lipinski definition) is 3. The molecule has 1 aromatic heterocycles. The molecule has 1 fully saturated rings. The van der Waals surface area contributed by atoms with E-state index in [-0.39, 0.29) is 12.0 Å². The molecule has 3 N–H and O–H groups in total. The van der Waals surface area contributed by atoms with Crippen LogP contribution in [0.1, 0.15) is 29.5 Å². The Labute approximate surface area is 171 Å². The van der Waals surface area contributed by atoms with Gasteiger partial charge in [-0.2, -0.15) is 0 Å². The van der Waals surface area contributed by atoms with Crippen LogP contribution in [0.15, 0.2) is 54.7 Å². The van der Waals surface area contributed by atoms with Crippen LogP contribution in [0.5, 0.6) is 0 Å². The minimum atomic E-state index is 0.164. The second-order valence-corrected chi connectivity index (χ2v) is 8.12. The number of anilines is 2. The number of aromatic nitrogens is 2. The Balaban J connectivity index is 1.47. The van der Waals surface area contributed by atoms with E-state index in [2.05, 4.69) is 39.9 Å². The quantitative estimate of drug-likeness (QED) is 0.639. The van der Waals surface area contributed by atoms with Crippen LogP contribution in [0, 0.1) is 0 Å². The van der Waals surface area contributed by atoms with Crippen LogP contribution in [0.2, 0.25) is 0 Å². The number of piperidine rings is 1. The van der Waals surface area contributed by atoms with Gasteiger partial charge < -0.3 is 15.7 Å². The predicted molar refractivity (Wildman–Crippen MR) is 115 cm³/mol. The zero-order valence-electron chi connectivity index (χ0n) is 16.5. The number of fused-ring (bicyclic) bond motifs is 4. The van der Waals surface area contributed by atoms with Gasteiger partial charge in [0, 0.05) is 29.5 Å². The fourth-order valence-corrected chi connectivity index (χ4v) is 4.81. The van der Waals surface area contributed by atoms with Gasteiger partial charge in [-0.25, -0.2) is 9.97 Å². The average Bonchev–Trinajstić information content (AvgIpc) is 2.77. The fraction of sp³-hybridized carbons (Fsp3) is 0.333. The van der Waals surface area contributed by atoms with Crippen molar-refractivity contribution in [1.82, 2.24) is 15.3 Å². The number of rotatable bonds is 4. The van der Waals surface area contributed by atoms with E-state index in [1.54, 1.807) is 0 Å². The lowest BCUT2D eigenvalue weighted by atomic mass is 9.64. The number of aliphatic hydroxyl groups is 1. The molecule has 29 heavy (non-hydrogen) atoms. The van der Waals surface area contributed by atoms with Gasteiger partial charge in [-0.15, -0.1) is 0 Å². The van der Waals surface area contributed by atoms with Crippen molar-refractivity contribution in [2.24, 2.45) is 0 Å². The first-order chi connectivity index (χ1) is 14.3. The zero-order chi connectivity index (χ0) is 19.7. The maximum Gasteiger partial charge on any atom is 0.227 e. The van der Waals surface area contributed by atoms with Crippen LogP contribution in [0.3, 0.4) is 0 Å².